The van der Waals surface area contributed by atoms with E-state index in [0.717, 1.165) is 6.08 Å². The van der Waals surface area contributed by atoms with Crippen molar-refractivity contribution in [3.8, 4) is 0 Å². The third kappa shape index (κ3) is 8.07. The summed E-state index contributed by atoms with van der Waals surface area (Å²) >= 11 is 5.54. The van der Waals surface area contributed by atoms with Crippen molar-refractivity contribution in [1.82, 2.24) is 0 Å². The highest BCUT2D eigenvalue weighted by molar-refractivity contribution is 6.18. The first kappa shape index (κ1) is 14.7. The average Bonchev–Trinajstić information content (AvgIpc) is 2.27. The standard InChI is InChI=1S/C9H13ClO6/c1-2-8(11)16-15-7(6-10)4-3-5-14-9(12)13/h2,7H,1,3-6H2,(H,12,13). The topological polar surface area (TPSA) is 82.1 Å². The highest BCUT2D eigenvalue weighted by atomic mass is 35.5. The smallest absolute Gasteiger partial charge is 0.450 e. The second-order valence-electron chi connectivity index (χ2n) is 2.74. The van der Waals surface area contributed by atoms with E-state index >= 15 is 0 Å². The molecule has 0 heterocycles. The minimum absolute atomic E-state index is 0.0431. The van der Waals surface area contributed by atoms with Gasteiger partial charge in [-0.2, -0.15) is 4.89 Å². The van der Waals surface area contributed by atoms with Crippen LogP contribution < -0.4 is 0 Å². The molecule has 0 spiro atoms. The Kier molecular flexibility index (Phi) is 8.28. The Bertz CT molecular complexity index is 242. The number of carboxylic acid groups (broad SMARTS) is 1. The zero-order valence-corrected chi connectivity index (χ0v) is 9.31. The van der Waals surface area contributed by atoms with Gasteiger partial charge in [0.2, 0.25) is 0 Å². The zero-order chi connectivity index (χ0) is 12.4. The molecule has 0 saturated carbocycles. The maximum atomic E-state index is 10.6. The van der Waals surface area contributed by atoms with Crippen LogP contribution in [0, 0.1) is 0 Å². The summed E-state index contributed by atoms with van der Waals surface area (Å²) in [7, 11) is 0. The first-order valence-corrected chi connectivity index (χ1v) is 5.05. The van der Waals surface area contributed by atoms with Gasteiger partial charge in [0.15, 0.2) is 0 Å². The molecule has 0 amide bonds. The Morgan fingerprint density at radius 1 is 1.50 bits per heavy atom. The lowest BCUT2D eigenvalue weighted by atomic mass is 10.2. The van der Waals surface area contributed by atoms with E-state index in [1.165, 1.54) is 0 Å². The van der Waals surface area contributed by atoms with Crippen LogP contribution in [-0.4, -0.2) is 35.8 Å². The van der Waals surface area contributed by atoms with Crippen LogP contribution in [0.2, 0.25) is 0 Å². The fourth-order valence-corrected chi connectivity index (χ4v) is 0.977. The van der Waals surface area contributed by atoms with Crippen molar-refractivity contribution in [3.63, 3.8) is 0 Å². The number of carbonyl (C=O) groups is 2. The second kappa shape index (κ2) is 8.99. The van der Waals surface area contributed by atoms with E-state index in [0.29, 0.717) is 12.8 Å². The maximum Gasteiger partial charge on any atom is 0.505 e. The Morgan fingerprint density at radius 3 is 2.69 bits per heavy atom. The first-order chi connectivity index (χ1) is 7.60. The third-order valence-corrected chi connectivity index (χ3v) is 1.85. The van der Waals surface area contributed by atoms with Crippen LogP contribution in [-0.2, 0) is 19.3 Å². The van der Waals surface area contributed by atoms with Gasteiger partial charge in [-0.15, -0.1) is 11.6 Å². The molecule has 0 fully saturated rings. The molecule has 0 radical (unpaired) electrons. The SMILES string of the molecule is C=CC(=O)OOC(CCl)CCCOC(=O)O. The van der Waals surface area contributed by atoms with Crippen LogP contribution in [0.25, 0.3) is 0 Å². The lowest BCUT2D eigenvalue weighted by molar-refractivity contribution is -0.290. The molecule has 0 aliphatic rings. The quantitative estimate of drug-likeness (QED) is 0.177. The number of hydrogen-bond acceptors (Lipinski definition) is 5. The highest BCUT2D eigenvalue weighted by Gasteiger charge is 2.11. The fourth-order valence-electron chi connectivity index (χ4n) is 0.771. The minimum atomic E-state index is -1.33. The molecule has 0 aromatic heterocycles. The first-order valence-electron chi connectivity index (χ1n) is 4.51. The van der Waals surface area contributed by atoms with E-state index in [-0.39, 0.29) is 12.5 Å². The summed E-state index contributed by atoms with van der Waals surface area (Å²) in [4.78, 5) is 29.7. The fraction of sp³-hybridized carbons (Fsp3) is 0.556. The second-order valence-corrected chi connectivity index (χ2v) is 3.04. The number of rotatable bonds is 8. The molecule has 0 bridgehead atoms. The lowest BCUT2D eigenvalue weighted by Gasteiger charge is -2.11. The molecule has 0 aliphatic carbocycles. The molecule has 16 heavy (non-hydrogen) atoms. The Morgan fingerprint density at radius 2 is 2.19 bits per heavy atom. The molecule has 1 N–H and O–H groups in total. The summed E-state index contributed by atoms with van der Waals surface area (Å²) in [6.07, 6.45) is -0.0283. The van der Waals surface area contributed by atoms with Crippen molar-refractivity contribution in [2.75, 3.05) is 12.5 Å². The summed E-state index contributed by atoms with van der Waals surface area (Å²) in [5.41, 5.74) is 0. The van der Waals surface area contributed by atoms with E-state index in [1.54, 1.807) is 0 Å². The summed E-state index contributed by atoms with van der Waals surface area (Å²) in [6, 6.07) is 0. The van der Waals surface area contributed by atoms with Crippen molar-refractivity contribution < 1.29 is 29.2 Å². The van der Waals surface area contributed by atoms with Gasteiger partial charge >= 0.3 is 12.1 Å². The van der Waals surface area contributed by atoms with Gasteiger partial charge < -0.3 is 9.84 Å². The minimum Gasteiger partial charge on any atom is -0.450 e. The van der Waals surface area contributed by atoms with Gasteiger partial charge in [0.25, 0.3) is 0 Å². The van der Waals surface area contributed by atoms with Gasteiger partial charge in [-0.1, -0.05) is 6.58 Å². The van der Waals surface area contributed by atoms with Gasteiger partial charge in [-0.3, -0.25) is 4.89 Å². The van der Waals surface area contributed by atoms with Crippen molar-refractivity contribution >= 4 is 23.7 Å². The van der Waals surface area contributed by atoms with Gasteiger partial charge in [0.05, 0.1) is 12.5 Å². The summed E-state index contributed by atoms with van der Waals surface area (Å²) < 4.78 is 4.28. The zero-order valence-electron chi connectivity index (χ0n) is 8.56. The molecule has 0 aromatic rings. The van der Waals surface area contributed by atoms with Crippen LogP contribution in [0.5, 0.6) is 0 Å². The van der Waals surface area contributed by atoms with Crippen LogP contribution in [0.15, 0.2) is 12.7 Å². The predicted molar refractivity (Wildman–Crippen MR) is 55.1 cm³/mol. The largest absolute Gasteiger partial charge is 0.505 e. The van der Waals surface area contributed by atoms with E-state index in [4.69, 9.17) is 21.6 Å². The lowest BCUT2D eigenvalue weighted by Crippen LogP contribution is -2.18. The van der Waals surface area contributed by atoms with E-state index < -0.39 is 18.2 Å². The summed E-state index contributed by atoms with van der Waals surface area (Å²) in [5, 5.41) is 8.18. The molecule has 0 aliphatic heterocycles. The molecule has 0 aromatic carbocycles. The monoisotopic (exact) mass is 252 g/mol. The molecule has 92 valence electrons. The van der Waals surface area contributed by atoms with Crippen LogP contribution in [0.3, 0.4) is 0 Å². The van der Waals surface area contributed by atoms with Crippen molar-refractivity contribution in [2.45, 2.75) is 18.9 Å². The van der Waals surface area contributed by atoms with E-state index in [9.17, 15) is 9.59 Å². The van der Waals surface area contributed by atoms with Gasteiger partial charge in [-0.25, -0.2) is 9.59 Å². The van der Waals surface area contributed by atoms with Crippen molar-refractivity contribution in [3.05, 3.63) is 12.7 Å². The number of halogens is 1. The normalized spacial score (nSPS) is 11.6. The molecular weight excluding hydrogens is 240 g/mol. The molecule has 1 atom stereocenters. The number of carbonyl (C=O) groups excluding carboxylic acids is 1. The Balaban J connectivity index is 3.62. The molecule has 0 saturated heterocycles. The van der Waals surface area contributed by atoms with Crippen LogP contribution in [0.1, 0.15) is 12.8 Å². The van der Waals surface area contributed by atoms with Crippen molar-refractivity contribution in [1.29, 1.82) is 0 Å². The molecule has 0 rings (SSSR count). The third-order valence-electron chi connectivity index (χ3n) is 1.50. The Hall–Kier alpha value is -1.27. The van der Waals surface area contributed by atoms with E-state index in [1.807, 2.05) is 0 Å². The van der Waals surface area contributed by atoms with Gasteiger partial charge in [0.1, 0.15) is 6.10 Å². The summed E-state index contributed by atoms with van der Waals surface area (Å²) in [6.45, 7) is 3.23. The van der Waals surface area contributed by atoms with Crippen molar-refractivity contribution in [2.24, 2.45) is 0 Å². The Labute approximate surface area is 97.7 Å². The number of alkyl halides is 1. The molecule has 7 heteroatoms. The van der Waals surface area contributed by atoms with Gasteiger partial charge in [-0.05, 0) is 12.8 Å². The average molecular weight is 253 g/mol. The molecular formula is C9H13ClO6. The predicted octanol–water partition coefficient (Wildman–Crippen LogP) is 1.73. The summed E-state index contributed by atoms with van der Waals surface area (Å²) in [5.74, 6) is -0.589. The molecule has 6 nitrogen and oxygen atoms in total. The van der Waals surface area contributed by atoms with E-state index in [2.05, 4.69) is 16.2 Å². The van der Waals surface area contributed by atoms with Gasteiger partial charge in [0, 0.05) is 6.08 Å². The maximum absolute atomic E-state index is 10.6. The number of hydrogen-bond donors (Lipinski definition) is 1. The number of ether oxygens (including phenoxy) is 1. The highest BCUT2D eigenvalue weighted by Crippen LogP contribution is 2.06. The van der Waals surface area contributed by atoms with Crippen LogP contribution in [0.4, 0.5) is 4.79 Å². The molecule has 1 unspecified atom stereocenters. The van der Waals surface area contributed by atoms with Crippen LogP contribution >= 0.6 is 11.6 Å².